The fraction of sp³-hybridized carbons (Fsp3) is 0.370. The van der Waals surface area contributed by atoms with Crippen LogP contribution in [0.25, 0.3) is 21.8 Å². The number of fused-ring (bicyclic) bond motifs is 2. The third kappa shape index (κ3) is 3.65. The van der Waals surface area contributed by atoms with E-state index < -0.39 is 0 Å². The Morgan fingerprint density at radius 2 is 1.71 bits per heavy atom. The molecule has 34 heavy (non-hydrogen) atoms. The molecule has 2 saturated heterocycles. The fourth-order valence-electron chi connectivity index (χ4n) is 5.51. The maximum Gasteiger partial charge on any atom is 0.136 e. The molecule has 2 aliphatic heterocycles. The van der Waals surface area contributed by atoms with Crippen LogP contribution in [0.3, 0.4) is 0 Å². The van der Waals surface area contributed by atoms with Crippen molar-refractivity contribution < 1.29 is 4.79 Å². The number of hydrogen-bond donors (Lipinski definition) is 1. The third-order valence-electron chi connectivity index (χ3n) is 7.52. The van der Waals surface area contributed by atoms with Crippen molar-refractivity contribution in [1.29, 1.82) is 0 Å². The smallest absolute Gasteiger partial charge is 0.136 e. The van der Waals surface area contributed by atoms with Crippen molar-refractivity contribution in [3.63, 3.8) is 0 Å². The molecule has 6 rings (SSSR count). The van der Waals surface area contributed by atoms with E-state index in [-0.39, 0.29) is 17.9 Å². The lowest BCUT2D eigenvalue weighted by Gasteiger charge is -2.38. The highest BCUT2D eigenvalue weighted by Crippen LogP contribution is 2.40. The molecule has 0 saturated carbocycles. The number of Topliss-reactive ketones (excluding diaryl/α,β-unsaturated/α-hetero) is 1. The second kappa shape index (κ2) is 8.49. The molecule has 0 bridgehead atoms. The van der Waals surface area contributed by atoms with Gasteiger partial charge in [0.25, 0.3) is 0 Å². The monoisotopic (exact) mass is 454 g/mol. The van der Waals surface area contributed by atoms with Crippen molar-refractivity contribution in [2.75, 3.05) is 45.2 Å². The summed E-state index contributed by atoms with van der Waals surface area (Å²) in [5.74, 6) is 1.11. The van der Waals surface area contributed by atoms with Gasteiger partial charge in [0.15, 0.2) is 0 Å². The van der Waals surface area contributed by atoms with Crippen LogP contribution in [0.5, 0.6) is 0 Å². The molecular formula is C27H30N6O. The highest BCUT2D eigenvalue weighted by molar-refractivity contribution is 5.90. The number of aromatic amines is 1. The molecule has 2 aliphatic rings. The zero-order valence-electron chi connectivity index (χ0n) is 19.7. The summed E-state index contributed by atoms with van der Waals surface area (Å²) in [6, 6.07) is 16.4. The van der Waals surface area contributed by atoms with E-state index in [1.54, 1.807) is 0 Å². The van der Waals surface area contributed by atoms with Gasteiger partial charge in [0.05, 0.1) is 34.5 Å². The predicted molar refractivity (Wildman–Crippen MR) is 135 cm³/mol. The summed E-state index contributed by atoms with van der Waals surface area (Å²) in [7, 11) is 4.27. The number of aromatic nitrogens is 3. The second-order valence-electron chi connectivity index (χ2n) is 9.64. The molecule has 1 N–H and O–H groups in total. The highest BCUT2D eigenvalue weighted by atomic mass is 16.1. The zero-order chi connectivity index (χ0) is 23.2. The van der Waals surface area contributed by atoms with Gasteiger partial charge in [-0.25, -0.2) is 4.98 Å². The minimum atomic E-state index is -0.111. The second-order valence-corrected chi connectivity index (χ2v) is 9.64. The Bertz CT molecular complexity index is 1350. The van der Waals surface area contributed by atoms with Crippen LogP contribution in [-0.2, 0) is 4.79 Å². The Balaban J connectivity index is 1.37. The molecule has 2 aromatic carbocycles. The van der Waals surface area contributed by atoms with Gasteiger partial charge in [0, 0.05) is 50.6 Å². The van der Waals surface area contributed by atoms with E-state index >= 15 is 0 Å². The molecule has 2 fully saturated rings. The van der Waals surface area contributed by atoms with Gasteiger partial charge >= 0.3 is 0 Å². The summed E-state index contributed by atoms with van der Waals surface area (Å²) in [4.78, 5) is 33.4. The van der Waals surface area contributed by atoms with E-state index in [1.807, 2.05) is 24.4 Å². The van der Waals surface area contributed by atoms with Gasteiger partial charge in [-0.15, -0.1) is 0 Å². The Morgan fingerprint density at radius 1 is 0.912 bits per heavy atom. The van der Waals surface area contributed by atoms with Gasteiger partial charge < -0.3 is 14.8 Å². The van der Waals surface area contributed by atoms with E-state index in [0.717, 1.165) is 59.5 Å². The summed E-state index contributed by atoms with van der Waals surface area (Å²) in [6.07, 6.45) is 2.78. The number of carbonyl (C=O) groups is 1. The number of imidazole rings is 1. The number of para-hydroxylation sites is 1. The molecule has 174 valence electrons. The summed E-state index contributed by atoms with van der Waals surface area (Å²) >= 11 is 0. The maximum absolute atomic E-state index is 13.0. The first-order chi connectivity index (χ1) is 16.6. The maximum atomic E-state index is 13.0. The summed E-state index contributed by atoms with van der Waals surface area (Å²) in [5.41, 5.74) is 4.18. The lowest BCUT2D eigenvalue weighted by Crippen LogP contribution is -2.44. The van der Waals surface area contributed by atoms with Crippen LogP contribution in [0, 0.1) is 0 Å². The van der Waals surface area contributed by atoms with E-state index in [0.29, 0.717) is 12.8 Å². The molecule has 2 atom stereocenters. The molecule has 4 heterocycles. The molecular weight excluding hydrogens is 424 g/mol. The Morgan fingerprint density at radius 3 is 2.56 bits per heavy atom. The van der Waals surface area contributed by atoms with Gasteiger partial charge in [0.2, 0.25) is 0 Å². The zero-order valence-corrected chi connectivity index (χ0v) is 19.7. The van der Waals surface area contributed by atoms with Gasteiger partial charge in [-0.05, 0) is 37.7 Å². The van der Waals surface area contributed by atoms with Crippen LogP contribution in [0.4, 0.5) is 5.69 Å². The van der Waals surface area contributed by atoms with Gasteiger partial charge in [-0.1, -0.05) is 30.3 Å². The fourth-order valence-corrected chi connectivity index (χ4v) is 5.51. The number of H-pyrrole nitrogens is 1. The SMILES string of the molecule is CN1CCN(c2cccc3nc(C4CC(=O)CC(c5nccc6ccccc56)N4C)[nH]c23)CC1. The number of rotatable bonds is 3. The first-order valence-electron chi connectivity index (χ1n) is 12.1. The number of benzene rings is 2. The van der Waals surface area contributed by atoms with Crippen LogP contribution in [-0.4, -0.2) is 70.8 Å². The number of nitrogens with zero attached hydrogens (tertiary/aromatic N) is 5. The van der Waals surface area contributed by atoms with Gasteiger partial charge in [-0.2, -0.15) is 0 Å². The minimum Gasteiger partial charge on any atom is -0.367 e. The van der Waals surface area contributed by atoms with Gasteiger partial charge in [-0.3, -0.25) is 14.7 Å². The number of ketones is 1. The topological polar surface area (TPSA) is 68.4 Å². The number of hydrogen-bond acceptors (Lipinski definition) is 6. The number of anilines is 1. The molecule has 0 amide bonds. The average Bonchev–Trinajstić information content (AvgIpc) is 3.30. The molecule has 0 radical (unpaired) electrons. The number of likely N-dealkylation sites (tertiary alicyclic amines) is 1. The number of nitrogens with one attached hydrogen (secondary N) is 1. The number of piperazine rings is 1. The predicted octanol–water partition coefficient (Wildman–Crippen LogP) is 3.94. The lowest BCUT2D eigenvalue weighted by atomic mass is 9.90. The van der Waals surface area contributed by atoms with E-state index in [1.165, 1.54) is 5.69 Å². The molecule has 0 aliphatic carbocycles. The van der Waals surface area contributed by atoms with E-state index in [9.17, 15) is 4.79 Å². The number of likely N-dealkylation sites (N-methyl/N-ethyl adjacent to an activating group) is 1. The van der Waals surface area contributed by atoms with Crippen LogP contribution >= 0.6 is 0 Å². The number of piperidine rings is 1. The average molecular weight is 455 g/mol. The number of pyridine rings is 1. The summed E-state index contributed by atoms with van der Waals surface area (Å²) in [5, 5.41) is 2.26. The molecule has 4 aromatic rings. The normalized spacial score (nSPS) is 22.6. The van der Waals surface area contributed by atoms with Crippen molar-refractivity contribution in [2.24, 2.45) is 0 Å². The molecule has 0 spiro atoms. The molecule has 2 aromatic heterocycles. The van der Waals surface area contributed by atoms with Crippen molar-refractivity contribution >= 4 is 33.3 Å². The van der Waals surface area contributed by atoms with Crippen molar-refractivity contribution in [3.05, 3.63) is 66.2 Å². The largest absolute Gasteiger partial charge is 0.367 e. The van der Waals surface area contributed by atoms with Crippen LogP contribution in [0.2, 0.25) is 0 Å². The van der Waals surface area contributed by atoms with Crippen molar-refractivity contribution in [2.45, 2.75) is 24.9 Å². The molecule has 7 heteroatoms. The first-order valence-corrected chi connectivity index (χ1v) is 12.1. The molecule has 7 nitrogen and oxygen atoms in total. The molecule has 2 unspecified atom stereocenters. The third-order valence-corrected chi connectivity index (χ3v) is 7.52. The van der Waals surface area contributed by atoms with Crippen LogP contribution in [0.1, 0.15) is 36.4 Å². The van der Waals surface area contributed by atoms with Crippen molar-refractivity contribution in [1.82, 2.24) is 24.8 Å². The summed E-state index contributed by atoms with van der Waals surface area (Å²) < 4.78 is 0. The lowest BCUT2D eigenvalue weighted by molar-refractivity contribution is -0.125. The Kier molecular flexibility index (Phi) is 5.31. The van der Waals surface area contributed by atoms with Crippen LogP contribution in [0.15, 0.2) is 54.7 Å². The van der Waals surface area contributed by atoms with Crippen LogP contribution < -0.4 is 4.90 Å². The highest BCUT2D eigenvalue weighted by Gasteiger charge is 2.37. The van der Waals surface area contributed by atoms with E-state index in [4.69, 9.17) is 9.97 Å². The van der Waals surface area contributed by atoms with E-state index in [2.05, 4.69) is 64.1 Å². The van der Waals surface area contributed by atoms with Crippen molar-refractivity contribution in [3.8, 4) is 0 Å². The Labute approximate surface area is 199 Å². The Hall–Kier alpha value is -3.29. The quantitative estimate of drug-likeness (QED) is 0.506. The first kappa shape index (κ1) is 21.3. The standard InChI is InChI=1S/C27H30N6O/c1-31-12-14-33(15-13-31)22-9-5-8-21-26(22)30-27(29-21)24-17-19(34)16-23(32(24)2)25-20-7-4-3-6-18(20)10-11-28-25/h3-11,23-24H,12-17H2,1-2H3,(H,29,30). The summed E-state index contributed by atoms with van der Waals surface area (Å²) in [6.45, 7) is 4.11. The minimum absolute atomic E-state index is 0.0809. The number of carbonyl (C=O) groups excluding carboxylic acids is 1. The van der Waals surface area contributed by atoms with Gasteiger partial charge in [0.1, 0.15) is 11.6 Å².